The van der Waals surface area contributed by atoms with Crippen molar-refractivity contribution >= 4 is 23.1 Å². The third-order valence-corrected chi connectivity index (χ3v) is 3.26. The molecule has 0 aliphatic heterocycles. The molecule has 0 spiro atoms. The van der Waals surface area contributed by atoms with Crippen LogP contribution in [-0.4, -0.2) is 42.5 Å². The third-order valence-electron chi connectivity index (χ3n) is 3.26. The number of aromatic nitrogens is 1. The van der Waals surface area contributed by atoms with Gasteiger partial charge in [0.2, 0.25) is 0 Å². The van der Waals surface area contributed by atoms with Gasteiger partial charge in [-0.3, -0.25) is 4.98 Å². The quantitative estimate of drug-likeness (QED) is 0.837. The van der Waals surface area contributed by atoms with Crippen molar-refractivity contribution in [2.24, 2.45) is 0 Å². The molecule has 8 nitrogen and oxygen atoms in total. The van der Waals surface area contributed by atoms with E-state index in [0.717, 1.165) is 21.7 Å². The van der Waals surface area contributed by atoms with Crippen LogP contribution in [0.2, 0.25) is 0 Å². The Morgan fingerprint density at radius 1 is 1.12 bits per heavy atom. The van der Waals surface area contributed by atoms with Crippen molar-refractivity contribution in [3.05, 3.63) is 36.0 Å². The second-order valence-electron chi connectivity index (χ2n) is 4.98. The summed E-state index contributed by atoms with van der Waals surface area (Å²) < 4.78 is 14.9. The Labute approximate surface area is 145 Å². The standard InChI is InChI=1S/C17H21N3O5/c1-4-24-16(21)19-20(17(22)25-5-2)11-13-7-6-12-10-14(23-3)8-9-15(12)18-13/h6-10H,4-5,11H2,1-3H3,(H,19,21). The summed E-state index contributed by atoms with van der Waals surface area (Å²) in [6.45, 7) is 3.78. The average molecular weight is 347 g/mol. The molecule has 134 valence electrons. The van der Waals surface area contributed by atoms with Gasteiger partial charge in [0.1, 0.15) is 5.75 Å². The lowest BCUT2D eigenvalue weighted by Crippen LogP contribution is -2.46. The molecule has 0 fully saturated rings. The van der Waals surface area contributed by atoms with E-state index in [1.807, 2.05) is 18.2 Å². The van der Waals surface area contributed by atoms with Gasteiger partial charge in [0.15, 0.2) is 0 Å². The maximum atomic E-state index is 12.0. The highest BCUT2D eigenvalue weighted by Gasteiger charge is 2.19. The largest absolute Gasteiger partial charge is 0.497 e. The van der Waals surface area contributed by atoms with Gasteiger partial charge in [-0.25, -0.2) is 20.0 Å². The van der Waals surface area contributed by atoms with Crippen molar-refractivity contribution in [2.45, 2.75) is 20.4 Å². The molecule has 0 saturated heterocycles. The molecule has 1 N–H and O–H groups in total. The predicted molar refractivity (Wildman–Crippen MR) is 91.0 cm³/mol. The summed E-state index contributed by atoms with van der Waals surface area (Å²) in [4.78, 5) is 28.1. The van der Waals surface area contributed by atoms with Crippen LogP contribution >= 0.6 is 0 Å². The SMILES string of the molecule is CCOC(=O)NN(Cc1ccc2cc(OC)ccc2n1)C(=O)OCC. The minimum absolute atomic E-state index is 0.0413. The van der Waals surface area contributed by atoms with Gasteiger partial charge in [0.05, 0.1) is 38.1 Å². The van der Waals surface area contributed by atoms with Gasteiger partial charge >= 0.3 is 12.2 Å². The first kappa shape index (κ1) is 18.3. The molecule has 8 heteroatoms. The second-order valence-corrected chi connectivity index (χ2v) is 4.98. The summed E-state index contributed by atoms with van der Waals surface area (Å²) in [5, 5.41) is 1.93. The summed E-state index contributed by atoms with van der Waals surface area (Å²) in [5.74, 6) is 0.735. The molecule has 1 heterocycles. The lowest BCUT2D eigenvalue weighted by molar-refractivity contribution is 0.0707. The zero-order valence-electron chi connectivity index (χ0n) is 14.4. The highest BCUT2D eigenvalue weighted by molar-refractivity contribution is 5.80. The zero-order chi connectivity index (χ0) is 18.2. The Hall–Kier alpha value is -3.03. The number of hydrazine groups is 1. The second kappa shape index (κ2) is 8.72. The van der Waals surface area contributed by atoms with Gasteiger partial charge in [-0.2, -0.15) is 0 Å². The topological polar surface area (TPSA) is 90.0 Å². The number of benzene rings is 1. The maximum absolute atomic E-state index is 12.0. The van der Waals surface area contributed by atoms with E-state index in [0.29, 0.717) is 5.69 Å². The number of rotatable bonds is 5. The Morgan fingerprint density at radius 2 is 1.88 bits per heavy atom. The molecule has 0 unspecified atom stereocenters. The minimum atomic E-state index is -0.735. The monoisotopic (exact) mass is 347 g/mol. The summed E-state index contributed by atoms with van der Waals surface area (Å²) in [5.41, 5.74) is 3.69. The number of hydrogen-bond donors (Lipinski definition) is 1. The number of carbonyl (C=O) groups is 2. The van der Waals surface area contributed by atoms with E-state index in [1.54, 1.807) is 33.1 Å². The number of nitrogens with one attached hydrogen (secondary N) is 1. The number of pyridine rings is 1. The summed E-state index contributed by atoms with van der Waals surface area (Å²) in [6, 6.07) is 9.13. The highest BCUT2D eigenvalue weighted by Crippen LogP contribution is 2.20. The first-order valence-electron chi connectivity index (χ1n) is 7.88. The third kappa shape index (κ3) is 4.97. The lowest BCUT2D eigenvalue weighted by atomic mass is 10.2. The van der Waals surface area contributed by atoms with Crippen molar-refractivity contribution in [2.75, 3.05) is 20.3 Å². The molecular formula is C17H21N3O5. The Bertz CT molecular complexity index is 750. The summed E-state index contributed by atoms with van der Waals surface area (Å²) in [7, 11) is 1.60. The van der Waals surface area contributed by atoms with Crippen LogP contribution in [0, 0.1) is 0 Å². The fourth-order valence-corrected chi connectivity index (χ4v) is 2.15. The number of hydrogen-bond acceptors (Lipinski definition) is 6. The van der Waals surface area contributed by atoms with Crippen molar-refractivity contribution in [3.63, 3.8) is 0 Å². The number of fused-ring (bicyclic) bond motifs is 1. The number of ether oxygens (including phenoxy) is 3. The van der Waals surface area contributed by atoms with Crippen molar-refractivity contribution in [1.82, 2.24) is 15.4 Å². The lowest BCUT2D eigenvalue weighted by Gasteiger charge is -2.21. The predicted octanol–water partition coefficient (Wildman–Crippen LogP) is 2.86. The van der Waals surface area contributed by atoms with E-state index in [2.05, 4.69) is 10.4 Å². The van der Waals surface area contributed by atoms with Gasteiger partial charge in [-0.05, 0) is 38.1 Å². The molecule has 1 aromatic heterocycles. The molecule has 25 heavy (non-hydrogen) atoms. The first-order valence-corrected chi connectivity index (χ1v) is 7.88. The van der Waals surface area contributed by atoms with Gasteiger partial charge < -0.3 is 14.2 Å². The van der Waals surface area contributed by atoms with Crippen LogP contribution in [0.15, 0.2) is 30.3 Å². The zero-order valence-corrected chi connectivity index (χ0v) is 14.4. The van der Waals surface area contributed by atoms with E-state index in [1.165, 1.54) is 0 Å². The molecule has 0 aliphatic carbocycles. The number of carbonyl (C=O) groups excluding carboxylic acids is 2. The maximum Gasteiger partial charge on any atom is 0.429 e. The minimum Gasteiger partial charge on any atom is -0.497 e. The van der Waals surface area contributed by atoms with E-state index >= 15 is 0 Å². The first-order chi connectivity index (χ1) is 12.1. The van der Waals surface area contributed by atoms with E-state index < -0.39 is 12.2 Å². The van der Waals surface area contributed by atoms with E-state index in [-0.39, 0.29) is 19.8 Å². The number of methoxy groups -OCH3 is 1. The van der Waals surface area contributed by atoms with Crippen LogP contribution in [0.25, 0.3) is 10.9 Å². The molecule has 0 aliphatic rings. The van der Waals surface area contributed by atoms with Crippen molar-refractivity contribution in [3.8, 4) is 5.75 Å². The van der Waals surface area contributed by atoms with Crippen LogP contribution in [0.4, 0.5) is 9.59 Å². The number of nitrogens with zero attached hydrogens (tertiary/aromatic N) is 2. The van der Waals surface area contributed by atoms with Gasteiger partial charge in [-0.15, -0.1) is 0 Å². The van der Waals surface area contributed by atoms with Gasteiger partial charge in [0.25, 0.3) is 0 Å². The van der Waals surface area contributed by atoms with Crippen LogP contribution in [0.3, 0.4) is 0 Å². The Balaban J connectivity index is 2.20. The molecule has 0 radical (unpaired) electrons. The molecule has 1 aromatic carbocycles. The summed E-state index contributed by atoms with van der Waals surface area (Å²) >= 11 is 0. The van der Waals surface area contributed by atoms with Crippen LogP contribution < -0.4 is 10.2 Å². The van der Waals surface area contributed by atoms with E-state index in [4.69, 9.17) is 14.2 Å². The van der Waals surface area contributed by atoms with E-state index in [9.17, 15) is 9.59 Å². The van der Waals surface area contributed by atoms with Crippen LogP contribution in [0.1, 0.15) is 19.5 Å². The Morgan fingerprint density at radius 3 is 2.56 bits per heavy atom. The van der Waals surface area contributed by atoms with Crippen LogP contribution in [0.5, 0.6) is 5.75 Å². The molecule has 0 bridgehead atoms. The van der Waals surface area contributed by atoms with Crippen LogP contribution in [-0.2, 0) is 16.0 Å². The summed E-state index contributed by atoms with van der Waals surface area (Å²) in [6.07, 6.45) is -1.42. The van der Waals surface area contributed by atoms with Crippen molar-refractivity contribution in [1.29, 1.82) is 0 Å². The Kier molecular flexibility index (Phi) is 6.39. The van der Waals surface area contributed by atoms with Gasteiger partial charge in [-0.1, -0.05) is 6.07 Å². The smallest absolute Gasteiger partial charge is 0.429 e. The molecule has 2 rings (SSSR count). The molecule has 0 saturated carbocycles. The number of amides is 2. The fraction of sp³-hybridized carbons (Fsp3) is 0.353. The molecule has 0 atom stereocenters. The molecular weight excluding hydrogens is 326 g/mol. The highest BCUT2D eigenvalue weighted by atomic mass is 16.6. The fourth-order valence-electron chi connectivity index (χ4n) is 2.15. The molecule has 2 aromatic rings. The molecule has 2 amide bonds. The average Bonchev–Trinajstić information content (AvgIpc) is 2.61. The van der Waals surface area contributed by atoms with Gasteiger partial charge in [0, 0.05) is 5.39 Å². The van der Waals surface area contributed by atoms with Crippen molar-refractivity contribution < 1.29 is 23.8 Å². The normalized spacial score (nSPS) is 10.2.